The zero-order chi connectivity index (χ0) is 14.9. The van der Waals surface area contributed by atoms with E-state index in [2.05, 4.69) is 0 Å². The molecule has 0 amide bonds. The number of benzene rings is 2. The number of rotatable bonds is 3. The molecule has 0 atom stereocenters. The average molecular weight is 282 g/mol. The van der Waals surface area contributed by atoms with Crippen molar-refractivity contribution in [3.05, 3.63) is 58.7 Å². The Morgan fingerprint density at radius 1 is 0.850 bits per heavy atom. The Morgan fingerprint density at radius 2 is 1.45 bits per heavy atom. The molecule has 0 spiro atoms. The molecule has 2 aromatic carbocycles. The fourth-order valence-corrected chi connectivity index (χ4v) is 2.31. The highest BCUT2D eigenvalue weighted by atomic mass is 19.2. The summed E-state index contributed by atoms with van der Waals surface area (Å²) in [5, 5.41) is 0. The van der Waals surface area contributed by atoms with Crippen molar-refractivity contribution in [2.45, 2.75) is 26.7 Å². The van der Waals surface area contributed by atoms with E-state index >= 15 is 0 Å². The lowest BCUT2D eigenvalue weighted by Crippen LogP contribution is -1.97. The zero-order valence-electron chi connectivity index (χ0n) is 11.2. The van der Waals surface area contributed by atoms with Crippen LogP contribution in [0.5, 0.6) is 0 Å². The van der Waals surface area contributed by atoms with E-state index in [9.17, 15) is 17.6 Å². The first-order valence-electron chi connectivity index (χ1n) is 6.38. The first-order chi connectivity index (χ1) is 9.43. The van der Waals surface area contributed by atoms with E-state index in [1.54, 1.807) is 13.0 Å². The first-order valence-corrected chi connectivity index (χ1v) is 6.38. The predicted octanol–water partition coefficient (Wildman–Crippen LogP) is 5.17. The zero-order valence-corrected chi connectivity index (χ0v) is 11.2. The Hall–Kier alpha value is -1.84. The van der Waals surface area contributed by atoms with Gasteiger partial charge in [-0.25, -0.2) is 17.6 Å². The van der Waals surface area contributed by atoms with E-state index in [0.717, 1.165) is 30.5 Å². The van der Waals surface area contributed by atoms with Crippen LogP contribution in [0.25, 0.3) is 11.1 Å². The summed E-state index contributed by atoms with van der Waals surface area (Å²) in [6.45, 7) is 3.64. The molecule has 2 aromatic rings. The summed E-state index contributed by atoms with van der Waals surface area (Å²) in [7, 11) is 0. The summed E-state index contributed by atoms with van der Waals surface area (Å²) >= 11 is 0. The van der Waals surface area contributed by atoms with Crippen molar-refractivity contribution in [1.82, 2.24) is 0 Å². The van der Waals surface area contributed by atoms with Crippen molar-refractivity contribution in [3.8, 4) is 11.1 Å². The van der Waals surface area contributed by atoms with Crippen molar-refractivity contribution in [2.24, 2.45) is 0 Å². The molecule has 0 aliphatic heterocycles. The van der Waals surface area contributed by atoms with Crippen molar-refractivity contribution < 1.29 is 17.6 Å². The molecule has 0 saturated carbocycles. The molecule has 0 radical (unpaired) electrons. The summed E-state index contributed by atoms with van der Waals surface area (Å²) in [6.07, 6.45) is 1.60. The largest absolute Gasteiger partial charge is 0.206 e. The third-order valence-electron chi connectivity index (χ3n) is 3.16. The van der Waals surface area contributed by atoms with Gasteiger partial charge in [0.15, 0.2) is 17.5 Å². The molecule has 0 aromatic heterocycles. The quantitative estimate of drug-likeness (QED) is 0.538. The van der Waals surface area contributed by atoms with E-state index in [1.165, 1.54) is 6.07 Å². The van der Waals surface area contributed by atoms with E-state index in [0.29, 0.717) is 5.56 Å². The standard InChI is InChI=1S/C16H14F4/c1-3-4-10-5-9(2)15(12(17)6-10)11-7-13(18)16(20)14(19)8-11/h5-8H,3-4H2,1-2H3. The van der Waals surface area contributed by atoms with E-state index < -0.39 is 23.3 Å². The molecule has 4 heteroatoms. The molecule has 0 heterocycles. The van der Waals surface area contributed by atoms with Crippen LogP contribution in [0.1, 0.15) is 24.5 Å². The molecule has 0 fully saturated rings. The Balaban J connectivity index is 2.58. The molecular formula is C16H14F4. The fourth-order valence-electron chi connectivity index (χ4n) is 2.31. The van der Waals surface area contributed by atoms with Gasteiger partial charge in [0.1, 0.15) is 5.82 Å². The van der Waals surface area contributed by atoms with Gasteiger partial charge in [0.25, 0.3) is 0 Å². The Kier molecular flexibility index (Phi) is 4.12. The highest BCUT2D eigenvalue weighted by Crippen LogP contribution is 2.30. The van der Waals surface area contributed by atoms with Gasteiger partial charge in [0.05, 0.1) is 0 Å². The maximum atomic E-state index is 14.1. The third kappa shape index (κ3) is 2.69. The first kappa shape index (κ1) is 14.6. The highest BCUT2D eigenvalue weighted by molar-refractivity contribution is 5.68. The number of halogens is 4. The third-order valence-corrected chi connectivity index (χ3v) is 3.16. The van der Waals surface area contributed by atoms with Gasteiger partial charge in [0.2, 0.25) is 0 Å². The van der Waals surface area contributed by atoms with Gasteiger partial charge >= 0.3 is 0 Å². The number of hydrogen-bond acceptors (Lipinski definition) is 0. The molecule has 20 heavy (non-hydrogen) atoms. The SMILES string of the molecule is CCCc1cc(C)c(-c2cc(F)c(F)c(F)c2)c(F)c1. The van der Waals surface area contributed by atoms with Gasteiger partial charge in [-0.2, -0.15) is 0 Å². The van der Waals surface area contributed by atoms with Gasteiger partial charge in [-0.3, -0.25) is 0 Å². The van der Waals surface area contributed by atoms with Crippen LogP contribution >= 0.6 is 0 Å². The van der Waals surface area contributed by atoms with Crippen molar-refractivity contribution >= 4 is 0 Å². The van der Waals surface area contributed by atoms with Crippen LogP contribution in [0.4, 0.5) is 17.6 Å². The Bertz CT molecular complexity index is 601. The average Bonchev–Trinajstić information content (AvgIpc) is 2.35. The topological polar surface area (TPSA) is 0 Å². The van der Waals surface area contributed by atoms with Crippen LogP contribution in [-0.2, 0) is 6.42 Å². The molecular weight excluding hydrogens is 268 g/mol. The normalized spacial score (nSPS) is 10.9. The molecule has 0 bridgehead atoms. The second-order valence-corrected chi connectivity index (χ2v) is 4.77. The lowest BCUT2D eigenvalue weighted by Gasteiger charge is -2.11. The van der Waals surface area contributed by atoms with Crippen molar-refractivity contribution in [3.63, 3.8) is 0 Å². The van der Waals surface area contributed by atoms with Crippen LogP contribution < -0.4 is 0 Å². The minimum absolute atomic E-state index is 0.000511. The molecule has 0 N–H and O–H groups in total. The summed E-state index contributed by atoms with van der Waals surface area (Å²) in [5.41, 5.74) is 1.50. The fraction of sp³-hybridized carbons (Fsp3) is 0.250. The van der Waals surface area contributed by atoms with Crippen LogP contribution in [0.15, 0.2) is 24.3 Å². The summed E-state index contributed by atoms with van der Waals surface area (Å²) < 4.78 is 53.6. The molecule has 0 nitrogen and oxygen atoms in total. The smallest absolute Gasteiger partial charge is 0.194 e. The summed E-state index contributed by atoms with van der Waals surface area (Å²) in [6, 6.07) is 4.75. The minimum Gasteiger partial charge on any atom is -0.206 e. The van der Waals surface area contributed by atoms with Crippen LogP contribution in [-0.4, -0.2) is 0 Å². The van der Waals surface area contributed by atoms with Gasteiger partial charge in [-0.15, -0.1) is 0 Å². The monoisotopic (exact) mass is 282 g/mol. The van der Waals surface area contributed by atoms with E-state index in [4.69, 9.17) is 0 Å². The molecule has 0 saturated heterocycles. The van der Waals surface area contributed by atoms with Gasteiger partial charge in [-0.05, 0) is 48.2 Å². The molecule has 0 aliphatic carbocycles. The van der Waals surface area contributed by atoms with Crippen molar-refractivity contribution in [2.75, 3.05) is 0 Å². The second kappa shape index (κ2) is 5.65. The molecule has 0 unspecified atom stereocenters. The summed E-state index contributed by atoms with van der Waals surface area (Å²) in [4.78, 5) is 0. The van der Waals surface area contributed by atoms with Gasteiger partial charge < -0.3 is 0 Å². The minimum atomic E-state index is -1.55. The maximum Gasteiger partial charge on any atom is 0.194 e. The second-order valence-electron chi connectivity index (χ2n) is 4.77. The van der Waals surface area contributed by atoms with Crippen LogP contribution in [0, 0.1) is 30.2 Å². The molecule has 2 rings (SSSR count). The Labute approximate surface area is 115 Å². The van der Waals surface area contributed by atoms with Crippen LogP contribution in [0.3, 0.4) is 0 Å². The van der Waals surface area contributed by atoms with E-state index in [-0.39, 0.29) is 11.1 Å². The summed E-state index contributed by atoms with van der Waals surface area (Å²) in [5.74, 6) is -4.75. The van der Waals surface area contributed by atoms with Crippen molar-refractivity contribution in [1.29, 1.82) is 0 Å². The van der Waals surface area contributed by atoms with Crippen LogP contribution in [0.2, 0.25) is 0 Å². The van der Waals surface area contributed by atoms with Gasteiger partial charge in [0, 0.05) is 5.56 Å². The number of aryl methyl sites for hydroxylation is 2. The number of hydrogen-bond donors (Lipinski definition) is 0. The molecule has 106 valence electrons. The van der Waals surface area contributed by atoms with Gasteiger partial charge in [-0.1, -0.05) is 19.4 Å². The Morgan fingerprint density at radius 3 is 1.95 bits per heavy atom. The predicted molar refractivity (Wildman–Crippen MR) is 70.4 cm³/mol. The lowest BCUT2D eigenvalue weighted by molar-refractivity contribution is 0.447. The highest BCUT2D eigenvalue weighted by Gasteiger charge is 2.16. The lowest BCUT2D eigenvalue weighted by atomic mass is 9.96. The molecule has 0 aliphatic rings. The van der Waals surface area contributed by atoms with E-state index in [1.807, 2.05) is 6.92 Å². The maximum absolute atomic E-state index is 14.1.